The summed E-state index contributed by atoms with van der Waals surface area (Å²) in [6.45, 7) is 7.58. The molecule has 1 atom stereocenters. The van der Waals surface area contributed by atoms with Crippen LogP contribution in [0.5, 0.6) is 0 Å². The molecule has 3 heteroatoms. The number of halogens is 1. The summed E-state index contributed by atoms with van der Waals surface area (Å²) in [7, 11) is 0. The fourth-order valence-electron chi connectivity index (χ4n) is 2.36. The van der Waals surface area contributed by atoms with Gasteiger partial charge in [-0.05, 0) is 75.4 Å². The summed E-state index contributed by atoms with van der Waals surface area (Å²) in [6, 6.07) is 10.2. The largest absolute Gasteiger partial charge is 0.472 e. The van der Waals surface area contributed by atoms with E-state index in [1.165, 1.54) is 11.1 Å². The molecular formula is C18H24ClNO. The number of hydrogen-bond acceptors (Lipinski definition) is 2. The van der Waals surface area contributed by atoms with Gasteiger partial charge in [-0.1, -0.05) is 23.7 Å². The highest BCUT2D eigenvalue weighted by atomic mass is 35.5. The van der Waals surface area contributed by atoms with E-state index in [9.17, 15) is 0 Å². The lowest BCUT2D eigenvalue weighted by Gasteiger charge is -2.25. The second-order valence-electron chi connectivity index (χ2n) is 6.66. The molecule has 0 radical (unpaired) electrons. The summed E-state index contributed by atoms with van der Waals surface area (Å²) >= 11 is 5.96. The minimum atomic E-state index is 0.134. The third kappa shape index (κ3) is 5.94. The first-order chi connectivity index (χ1) is 9.92. The van der Waals surface area contributed by atoms with E-state index < -0.39 is 0 Å². The van der Waals surface area contributed by atoms with Crippen molar-refractivity contribution in [3.63, 3.8) is 0 Å². The summed E-state index contributed by atoms with van der Waals surface area (Å²) in [6.07, 6.45) is 5.63. The van der Waals surface area contributed by atoms with Gasteiger partial charge in [-0.15, -0.1) is 0 Å². The molecule has 1 heterocycles. The van der Waals surface area contributed by atoms with Crippen LogP contribution in [0, 0.1) is 5.92 Å². The van der Waals surface area contributed by atoms with Crippen LogP contribution in [-0.2, 0) is 12.8 Å². The van der Waals surface area contributed by atoms with Crippen molar-refractivity contribution in [1.29, 1.82) is 0 Å². The fraction of sp³-hybridized carbons (Fsp3) is 0.444. The highest BCUT2D eigenvalue weighted by Crippen LogP contribution is 2.18. The van der Waals surface area contributed by atoms with Gasteiger partial charge in [0.15, 0.2) is 0 Å². The first kappa shape index (κ1) is 16.1. The molecule has 0 saturated carbocycles. The number of benzene rings is 1. The van der Waals surface area contributed by atoms with Gasteiger partial charge in [0.05, 0.1) is 12.5 Å². The third-order valence-corrected chi connectivity index (χ3v) is 3.72. The molecule has 0 spiro atoms. The van der Waals surface area contributed by atoms with E-state index in [1.807, 2.05) is 24.5 Å². The Kier molecular flexibility index (Phi) is 5.49. The first-order valence-corrected chi connectivity index (χ1v) is 7.81. The van der Waals surface area contributed by atoms with Gasteiger partial charge in [0.25, 0.3) is 0 Å². The lowest BCUT2D eigenvalue weighted by molar-refractivity contribution is 0.366. The van der Waals surface area contributed by atoms with Gasteiger partial charge in [-0.2, -0.15) is 0 Å². The van der Waals surface area contributed by atoms with Crippen LogP contribution in [-0.4, -0.2) is 12.1 Å². The van der Waals surface area contributed by atoms with E-state index >= 15 is 0 Å². The average Bonchev–Trinajstić information content (AvgIpc) is 2.91. The molecule has 1 N–H and O–H groups in total. The maximum atomic E-state index is 5.96. The van der Waals surface area contributed by atoms with Gasteiger partial charge < -0.3 is 9.73 Å². The summed E-state index contributed by atoms with van der Waals surface area (Å²) in [5, 5.41) is 4.40. The van der Waals surface area contributed by atoms with Crippen LogP contribution < -0.4 is 5.32 Å². The first-order valence-electron chi connectivity index (χ1n) is 7.43. The zero-order valence-corrected chi connectivity index (χ0v) is 13.8. The van der Waals surface area contributed by atoms with Crippen LogP contribution in [0.15, 0.2) is 47.3 Å². The van der Waals surface area contributed by atoms with Crippen molar-refractivity contribution < 1.29 is 4.42 Å². The molecule has 1 aromatic carbocycles. The molecular weight excluding hydrogens is 282 g/mol. The molecule has 0 aliphatic rings. The van der Waals surface area contributed by atoms with Crippen LogP contribution in [0.25, 0.3) is 0 Å². The Labute approximate surface area is 132 Å². The Balaban J connectivity index is 2.01. The van der Waals surface area contributed by atoms with Gasteiger partial charge in [0, 0.05) is 10.6 Å². The molecule has 21 heavy (non-hydrogen) atoms. The van der Waals surface area contributed by atoms with Crippen molar-refractivity contribution in [3.8, 4) is 0 Å². The summed E-state index contributed by atoms with van der Waals surface area (Å²) < 4.78 is 5.19. The lowest BCUT2D eigenvalue weighted by atomic mass is 9.92. The number of nitrogens with one attached hydrogen (secondary N) is 1. The number of furan rings is 1. The lowest BCUT2D eigenvalue weighted by Crippen LogP contribution is -2.40. The Hall–Kier alpha value is -1.25. The molecule has 0 aliphatic heterocycles. The predicted octanol–water partition coefficient (Wildman–Crippen LogP) is 4.72. The van der Waals surface area contributed by atoms with Crippen LogP contribution in [0.2, 0.25) is 5.02 Å². The Morgan fingerprint density at radius 2 is 1.71 bits per heavy atom. The molecule has 0 bridgehead atoms. The van der Waals surface area contributed by atoms with E-state index in [0.29, 0.717) is 5.92 Å². The van der Waals surface area contributed by atoms with Gasteiger partial charge in [0.2, 0.25) is 0 Å². The standard InChI is InChI=1S/C18H24ClNO/c1-18(2,3)20-12-16(11-15-8-9-21-13-15)10-14-4-6-17(19)7-5-14/h4-9,13,16,20H,10-12H2,1-3H3. The zero-order valence-electron chi connectivity index (χ0n) is 13.0. The van der Waals surface area contributed by atoms with E-state index in [-0.39, 0.29) is 5.54 Å². The van der Waals surface area contributed by atoms with Crippen LogP contribution in [0.4, 0.5) is 0 Å². The highest BCUT2D eigenvalue weighted by Gasteiger charge is 2.16. The van der Waals surface area contributed by atoms with Crippen molar-refractivity contribution in [3.05, 3.63) is 59.0 Å². The second-order valence-corrected chi connectivity index (χ2v) is 7.10. The van der Waals surface area contributed by atoms with Gasteiger partial charge in [-0.25, -0.2) is 0 Å². The number of rotatable bonds is 6. The maximum absolute atomic E-state index is 5.96. The number of hydrogen-bond donors (Lipinski definition) is 1. The van der Waals surface area contributed by atoms with E-state index in [1.54, 1.807) is 6.26 Å². The Morgan fingerprint density at radius 1 is 1.05 bits per heavy atom. The zero-order chi connectivity index (χ0) is 15.3. The van der Waals surface area contributed by atoms with Crippen molar-refractivity contribution in [2.24, 2.45) is 5.92 Å². The van der Waals surface area contributed by atoms with Crippen LogP contribution in [0.3, 0.4) is 0 Å². The van der Waals surface area contributed by atoms with Gasteiger partial charge in [-0.3, -0.25) is 0 Å². The SMILES string of the molecule is CC(C)(C)NCC(Cc1ccc(Cl)cc1)Cc1ccoc1. The normalized spacial score (nSPS) is 13.3. The van der Waals surface area contributed by atoms with Crippen LogP contribution >= 0.6 is 11.6 Å². The molecule has 2 aromatic rings. The van der Waals surface area contributed by atoms with Crippen LogP contribution in [0.1, 0.15) is 31.9 Å². The van der Waals surface area contributed by atoms with Gasteiger partial charge >= 0.3 is 0 Å². The molecule has 0 fully saturated rings. The minimum Gasteiger partial charge on any atom is -0.472 e. The monoisotopic (exact) mass is 305 g/mol. The quantitative estimate of drug-likeness (QED) is 0.835. The molecule has 114 valence electrons. The summed E-state index contributed by atoms with van der Waals surface area (Å²) in [5.41, 5.74) is 2.71. The molecule has 1 unspecified atom stereocenters. The van der Waals surface area contributed by atoms with Crippen molar-refractivity contribution in [2.75, 3.05) is 6.54 Å². The van der Waals surface area contributed by atoms with E-state index in [4.69, 9.17) is 16.0 Å². The smallest absolute Gasteiger partial charge is 0.0934 e. The van der Waals surface area contributed by atoms with Crippen molar-refractivity contribution in [2.45, 2.75) is 39.2 Å². The minimum absolute atomic E-state index is 0.134. The maximum Gasteiger partial charge on any atom is 0.0934 e. The summed E-state index contributed by atoms with van der Waals surface area (Å²) in [5.74, 6) is 0.531. The van der Waals surface area contributed by atoms with Crippen molar-refractivity contribution in [1.82, 2.24) is 5.32 Å². The molecule has 2 rings (SSSR count). The van der Waals surface area contributed by atoms with Crippen molar-refractivity contribution >= 4 is 11.6 Å². The second kappa shape index (κ2) is 7.15. The third-order valence-electron chi connectivity index (χ3n) is 3.46. The molecule has 0 amide bonds. The summed E-state index contributed by atoms with van der Waals surface area (Å²) in [4.78, 5) is 0. The molecule has 1 aromatic heterocycles. The molecule has 0 aliphatic carbocycles. The topological polar surface area (TPSA) is 25.2 Å². The Morgan fingerprint density at radius 3 is 2.29 bits per heavy atom. The van der Waals surface area contributed by atoms with E-state index in [2.05, 4.69) is 38.2 Å². The fourth-order valence-corrected chi connectivity index (χ4v) is 2.49. The van der Waals surface area contributed by atoms with E-state index in [0.717, 1.165) is 24.4 Å². The average molecular weight is 306 g/mol. The molecule has 0 saturated heterocycles. The highest BCUT2D eigenvalue weighted by molar-refractivity contribution is 6.30. The van der Waals surface area contributed by atoms with Gasteiger partial charge in [0.1, 0.15) is 0 Å². The Bertz CT molecular complexity index is 525. The predicted molar refractivity (Wildman–Crippen MR) is 88.8 cm³/mol. The molecule has 2 nitrogen and oxygen atoms in total.